The van der Waals surface area contributed by atoms with E-state index in [-0.39, 0.29) is 17.8 Å². The Morgan fingerprint density at radius 2 is 1.85 bits per heavy atom. The van der Waals surface area contributed by atoms with Gasteiger partial charge in [-0.05, 0) is 31.2 Å². The van der Waals surface area contributed by atoms with Gasteiger partial charge < -0.3 is 16.0 Å². The summed E-state index contributed by atoms with van der Waals surface area (Å²) in [6, 6.07) is 6.63. The Morgan fingerprint density at radius 1 is 1.22 bits per heavy atom. The predicted molar refractivity (Wildman–Crippen MR) is 94.1 cm³/mol. The molecule has 0 unspecified atom stereocenters. The Hall–Kier alpha value is -3.56. The van der Waals surface area contributed by atoms with Gasteiger partial charge in [-0.1, -0.05) is 6.07 Å². The van der Waals surface area contributed by atoms with E-state index in [9.17, 15) is 28.5 Å². The molecule has 2 aromatic rings. The number of para-hydroxylation sites is 1. The van der Waals surface area contributed by atoms with Gasteiger partial charge in [0.25, 0.3) is 11.6 Å². The van der Waals surface area contributed by atoms with Gasteiger partial charge in [0.2, 0.25) is 5.91 Å². The van der Waals surface area contributed by atoms with Crippen molar-refractivity contribution < 1.29 is 23.3 Å². The molecule has 0 saturated carbocycles. The predicted octanol–water partition coefficient (Wildman–Crippen LogP) is 2.56. The lowest BCUT2D eigenvalue weighted by Crippen LogP contribution is -2.38. The molecule has 2 rings (SSSR count). The van der Waals surface area contributed by atoms with Crippen LogP contribution in [0.2, 0.25) is 0 Å². The first-order chi connectivity index (χ1) is 12.7. The molecule has 142 valence electrons. The fourth-order valence-corrected chi connectivity index (χ4v) is 2.31. The van der Waals surface area contributed by atoms with E-state index in [1.165, 1.54) is 12.1 Å². The van der Waals surface area contributed by atoms with Crippen LogP contribution >= 0.6 is 0 Å². The van der Waals surface area contributed by atoms with E-state index >= 15 is 0 Å². The number of anilines is 2. The molecular weight excluding hydrogens is 362 g/mol. The SMILES string of the molecule is CCN(CC(=O)Nc1c(F)cccc1F)C(=O)c1ccc(N)c([N+](=O)[O-])c1. The van der Waals surface area contributed by atoms with Crippen molar-refractivity contribution in [2.24, 2.45) is 0 Å². The molecule has 0 spiro atoms. The number of nitrogens with two attached hydrogens (primary N) is 1. The molecule has 0 aromatic heterocycles. The molecule has 0 heterocycles. The maximum atomic E-state index is 13.6. The van der Waals surface area contributed by atoms with Gasteiger partial charge >= 0.3 is 0 Å². The molecule has 3 N–H and O–H groups in total. The summed E-state index contributed by atoms with van der Waals surface area (Å²) < 4.78 is 27.2. The van der Waals surface area contributed by atoms with Gasteiger partial charge in [-0.25, -0.2) is 8.78 Å². The number of halogens is 2. The van der Waals surface area contributed by atoms with Crippen LogP contribution in [-0.2, 0) is 4.79 Å². The van der Waals surface area contributed by atoms with Crippen LogP contribution in [0.5, 0.6) is 0 Å². The maximum Gasteiger partial charge on any atom is 0.292 e. The number of likely N-dealkylation sites (N-methyl/N-ethyl adjacent to an activating group) is 1. The van der Waals surface area contributed by atoms with Crippen molar-refractivity contribution in [2.45, 2.75) is 6.92 Å². The summed E-state index contributed by atoms with van der Waals surface area (Å²) in [5, 5.41) is 13.0. The molecule has 0 bridgehead atoms. The number of carbonyl (C=O) groups excluding carboxylic acids is 2. The highest BCUT2D eigenvalue weighted by molar-refractivity contribution is 6.00. The number of nitro benzene ring substituents is 1. The molecule has 0 fully saturated rings. The summed E-state index contributed by atoms with van der Waals surface area (Å²) in [6.07, 6.45) is 0. The molecule has 2 aromatic carbocycles. The van der Waals surface area contributed by atoms with Gasteiger partial charge in [-0.2, -0.15) is 0 Å². The van der Waals surface area contributed by atoms with E-state index in [1.807, 2.05) is 0 Å². The Balaban J connectivity index is 2.17. The number of nitro groups is 1. The minimum absolute atomic E-state index is 0.0392. The number of nitrogens with one attached hydrogen (secondary N) is 1. The van der Waals surface area contributed by atoms with Crippen molar-refractivity contribution in [3.05, 3.63) is 63.7 Å². The summed E-state index contributed by atoms with van der Waals surface area (Å²) in [5.74, 6) is -3.39. The number of benzene rings is 2. The number of hydrogen-bond acceptors (Lipinski definition) is 5. The fraction of sp³-hybridized carbons (Fsp3) is 0.176. The summed E-state index contributed by atoms with van der Waals surface area (Å²) >= 11 is 0. The van der Waals surface area contributed by atoms with Crippen molar-refractivity contribution in [2.75, 3.05) is 24.1 Å². The highest BCUT2D eigenvalue weighted by Gasteiger charge is 2.22. The average molecular weight is 378 g/mol. The molecule has 0 atom stereocenters. The van der Waals surface area contributed by atoms with Gasteiger partial charge in [0.15, 0.2) is 0 Å². The molecule has 0 saturated heterocycles. The summed E-state index contributed by atoms with van der Waals surface area (Å²) in [7, 11) is 0. The third-order valence-electron chi connectivity index (χ3n) is 3.70. The average Bonchev–Trinajstić information content (AvgIpc) is 2.62. The number of carbonyl (C=O) groups is 2. The van der Waals surface area contributed by atoms with E-state index in [4.69, 9.17) is 5.73 Å². The van der Waals surface area contributed by atoms with Crippen molar-refractivity contribution in [1.29, 1.82) is 0 Å². The molecule has 0 aliphatic carbocycles. The maximum absolute atomic E-state index is 13.6. The number of amides is 2. The zero-order valence-corrected chi connectivity index (χ0v) is 14.2. The molecule has 0 aliphatic rings. The smallest absolute Gasteiger partial charge is 0.292 e. The van der Waals surface area contributed by atoms with Crippen LogP contribution in [0.15, 0.2) is 36.4 Å². The van der Waals surface area contributed by atoms with Crippen molar-refractivity contribution in [1.82, 2.24) is 4.90 Å². The van der Waals surface area contributed by atoms with E-state index in [1.54, 1.807) is 6.92 Å². The van der Waals surface area contributed by atoms with Crippen molar-refractivity contribution in [3.8, 4) is 0 Å². The third kappa shape index (κ3) is 4.54. The topological polar surface area (TPSA) is 119 Å². The Labute approximate surface area is 152 Å². The lowest BCUT2D eigenvalue weighted by Gasteiger charge is -2.20. The highest BCUT2D eigenvalue weighted by atomic mass is 19.1. The Bertz CT molecular complexity index is 884. The molecular formula is C17H16F2N4O4. The Kier molecular flexibility index (Phi) is 6.01. The molecule has 0 aliphatic heterocycles. The normalized spacial score (nSPS) is 10.3. The number of hydrogen-bond donors (Lipinski definition) is 2. The molecule has 27 heavy (non-hydrogen) atoms. The van der Waals surface area contributed by atoms with E-state index in [0.717, 1.165) is 29.2 Å². The Morgan fingerprint density at radius 3 is 2.41 bits per heavy atom. The quantitative estimate of drug-likeness (QED) is 0.455. The van der Waals surface area contributed by atoms with Gasteiger partial charge in [-0.15, -0.1) is 0 Å². The molecule has 2 amide bonds. The second-order valence-corrected chi connectivity index (χ2v) is 5.49. The van der Waals surface area contributed by atoms with Crippen LogP contribution in [0.4, 0.5) is 25.8 Å². The number of nitrogens with zero attached hydrogens (tertiary/aromatic N) is 2. The second kappa shape index (κ2) is 8.21. The van der Waals surface area contributed by atoms with Gasteiger partial charge in [0.1, 0.15) is 29.6 Å². The van der Waals surface area contributed by atoms with E-state index in [0.29, 0.717) is 0 Å². The lowest BCUT2D eigenvalue weighted by molar-refractivity contribution is -0.383. The van der Waals surface area contributed by atoms with Gasteiger partial charge in [0, 0.05) is 18.2 Å². The van der Waals surface area contributed by atoms with Crippen LogP contribution in [0, 0.1) is 21.7 Å². The van der Waals surface area contributed by atoms with E-state index in [2.05, 4.69) is 5.32 Å². The first kappa shape index (κ1) is 19.8. The zero-order valence-electron chi connectivity index (χ0n) is 14.2. The van der Waals surface area contributed by atoms with Gasteiger partial charge in [-0.3, -0.25) is 19.7 Å². The largest absolute Gasteiger partial charge is 0.393 e. The monoisotopic (exact) mass is 378 g/mol. The standard InChI is InChI=1S/C17H16F2N4O4/c1-2-22(9-15(24)21-16-11(18)4-3-5-12(16)19)17(25)10-6-7-13(20)14(8-10)23(26)27/h3-8H,2,9,20H2,1H3,(H,21,24). The minimum atomic E-state index is -0.952. The van der Waals surface area contributed by atoms with Crippen molar-refractivity contribution in [3.63, 3.8) is 0 Å². The van der Waals surface area contributed by atoms with Crippen LogP contribution < -0.4 is 11.1 Å². The first-order valence-corrected chi connectivity index (χ1v) is 7.81. The number of rotatable bonds is 6. The zero-order chi connectivity index (χ0) is 20.1. The second-order valence-electron chi connectivity index (χ2n) is 5.49. The minimum Gasteiger partial charge on any atom is -0.393 e. The first-order valence-electron chi connectivity index (χ1n) is 7.81. The van der Waals surface area contributed by atoms with Crippen molar-refractivity contribution >= 4 is 28.9 Å². The lowest BCUT2D eigenvalue weighted by atomic mass is 10.1. The number of nitrogen functional groups attached to an aromatic ring is 1. The third-order valence-corrected chi connectivity index (χ3v) is 3.70. The molecule has 10 heteroatoms. The fourth-order valence-electron chi connectivity index (χ4n) is 2.31. The van der Waals surface area contributed by atoms with Crippen LogP contribution in [0.25, 0.3) is 0 Å². The van der Waals surface area contributed by atoms with Crippen LogP contribution in [0.1, 0.15) is 17.3 Å². The van der Waals surface area contributed by atoms with E-state index < -0.39 is 46.3 Å². The summed E-state index contributed by atoms with van der Waals surface area (Å²) in [6.45, 7) is 1.17. The summed E-state index contributed by atoms with van der Waals surface area (Å²) in [4.78, 5) is 35.9. The highest BCUT2D eigenvalue weighted by Crippen LogP contribution is 2.23. The van der Waals surface area contributed by atoms with Crippen LogP contribution in [0.3, 0.4) is 0 Å². The van der Waals surface area contributed by atoms with Crippen LogP contribution in [-0.4, -0.2) is 34.7 Å². The molecule has 0 radical (unpaired) electrons. The molecule has 8 nitrogen and oxygen atoms in total. The van der Waals surface area contributed by atoms with Gasteiger partial charge in [0.05, 0.1) is 4.92 Å². The summed E-state index contributed by atoms with van der Waals surface area (Å²) in [5.41, 5.74) is 4.30.